The van der Waals surface area contributed by atoms with E-state index in [0.29, 0.717) is 11.3 Å². The number of methoxy groups -OCH3 is 1. The molecule has 9 nitrogen and oxygen atoms in total. The molecule has 0 unspecified atom stereocenters. The quantitative estimate of drug-likeness (QED) is 0.553. The Kier molecular flexibility index (Phi) is 7.57. The number of nitrogens with two attached hydrogens (primary N) is 1. The monoisotopic (exact) mass is 454 g/mol. The number of anilines is 1. The molecule has 1 aromatic heterocycles. The number of rotatable bonds is 9. The highest BCUT2D eigenvalue weighted by Gasteiger charge is 2.25. The van der Waals surface area contributed by atoms with Crippen molar-refractivity contribution < 1.29 is 32.3 Å². The number of carbonyl (C=O) groups is 3. The van der Waals surface area contributed by atoms with Crippen LogP contribution in [-0.4, -0.2) is 45.7 Å². The van der Waals surface area contributed by atoms with Crippen molar-refractivity contribution in [3.05, 3.63) is 40.3 Å². The number of sulfone groups is 1. The SMILES string of the molecule is CCOC(=O)c1sc(NC(=O)CCS(=O)(=O)c2ccc(OC)cc2)c(C(N)=O)c1C. The Morgan fingerprint density at radius 3 is 2.33 bits per heavy atom. The van der Waals surface area contributed by atoms with Crippen molar-refractivity contribution in [1.82, 2.24) is 0 Å². The fourth-order valence-electron chi connectivity index (χ4n) is 2.61. The Morgan fingerprint density at radius 1 is 1.17 bits per heavy atom. The maximum Gasteiger partial charge on any atom is 0.348 e. The van der Waals surface area contributed by atoms with Crippen molar-refractivity contribution in [2.45, 2.75) is 25.2 Å². The average Bonchev–Trinajstić information content (AvgIpc) is 3.02. The Bertz CT molecular complexity index is 1060. The van der Waals surface area contributed by atoms with Crippen LogP contribution in [0.5, 0.6) is 5.75 Å². The van der Waals surface area contributed by atoms with Crippen LogP contribution in [0.25, 0.3) is 0 Å². The van der Waals surface area contributed by atoms with E-state index in [9.17, 15) is 22.8 Å². The van der Waals surface area contributed by atoms with Gasteiger partial charge in [-0.1, -0.05) is 0 Å². The van der Waals surface area contributed by atoms with Gasteiger partial charge in [-0.25, -0.2) is 13.2 Å². The van der Waals surface area contributed by atoms with E-state index < -0.39 is 33.4 Å². The molecule has 0 bridgehead atoms. The fourth-order valence-corrected chi connectivity index (χ4v) is 4.97. The summed E-state index contributed by atoms with van der Waals surface area (Å²) in [6.45, 7) is 3.31. The number of carbonyl (C=O) groups excluding carboxylic acids is 3. The number of benzene rings is 1. The van der Waals surface area contributed by atoms with Gasteiger partial charge in [0, 0.05) is 6.42 Å². The van der Waals surface area contributed by atoms with E-state index in [-0.39, 0.29) is 33.4 Å². The molecule has 0 saturated carbocycles. The minimum atomic E-state index is -3.70. The van der Waals surface area contributed by atoms with Crippen LogP contribution < -0.4 is 15.8 Å². The van der Waals surface area contributed by atoms with Crippen molar-refractivity contribution in [3.8, 4) is 5.75 Å². The third-order valence-corrected chi connectivity index (χ3v) is 7.04. The lowest BCUT2D eigenvalue weighted by Gasteiger charge is -2.07. The van der Waals surface area contributed by atoms with Crippen LogP contribution in [0.4, 0.5) is 5.00 Å². The minimum Gasteiger partial charge on any atom is -0.497 e. The molecule has 2 aromatic rings. The lowest BCUT2D eigenvalue weighted by atomic mass is 10.1. The van der Waals surface area contributed by atoms with Gasteiger partial charge in [-0.05, 0) is 43.7 Å². The van der Waals surface area contributed by atoms with E-state index in [0.717, 1.165) is 11.3 Å². The predicted molar refractivity (Wildman–Crippen MR) is 112 cm³/mol. The fraction of sp³-hybridized carbons (Fsp3) is 0.316. The second kappa shape index (κ2) is 9.72. The molecule has 0 aliphatic rings. The van der Waals surface area contributed by atoms with Crippen molar-refractivity contribution in [1.29, 1.82) is 0 Å². The zero-order chi connectivity index (χ0) is 22.5. The number of primary amides is 1. The maximum atomic E-state index is 12.4. The molecule has 1 heterocycles. The zero-order valence-corrected chi connectivity index (χ0v) is 18.3. The van der Waals surface area contributed by atoms with Gasteiger partial charge in [0.05, 0.1) is 29.9 Å². The van der Waals surface area contributed by atoms with E-state index in [1.807, 2.05) is 0 Å². The summed E-state index contributed by atoms with van der Waals surface area (Å²) in [5.41, 5.74) is 5.67. The first-order valence-corrected chi connectivity index (χ1v) is 11.3. The summed E-state index contributed by atoms with van der Waals surface area (Å²) < 4.78 is 34.8. The summed E-state index contributed by atoms with van der Waals surface area (Å²) >= 11 is 0.854. The number of esters is 1. The third kappa shape index (κ3) is 5.36. The molecule has 0 aliphatic carbocycles. The van der Waals surface area contributed by atoms with Gasteiger partial charge in [0.15, 0.2) is 9.84 Å². The highest BCUT2D eigenvalue weighted by atomic mass is 32.2. The van der Waals surface area contributed by atoms with Gasteiger partial charge in [0.2, 0.25) is 5.91 Å². The molecule has 0 atom stereocenters. The third-order valence-electron chi connectivity index (χ3n) is 4.12. The van der Waals surface area contributed by atoms with E-state index in [1.54, 1.807) is 6.92 Å². The van der Waals surface area contributed by atoms with Gasteiger partial charge in [0.25, 0.3) is 5.91 Å². The van der Waals surface area contributed by atoms with Crippen molar-refractivity contribution in [3.63, 3.8) is 0 Å². The molecule has 3 N–H and O–H groups in total. The van der Waals surface area contributed by atoms with Crippen molar-refractivity contribution >= 4 is 44.0 Å². The van der Waals surface area contributed by atoms with Crippen LogP contribution in [0.1, 0.15) is 38.9 Å². The second-order valence-electron chi connectivity index (χ2n) is 6.14. The van der Waals surface area contributed by atoms with Crippen molar-refractivity contribution in [2.75, 3.05) is 24.8 Å². The largest absolute Gasteiger partial charge is 0.497 e. The number of thiophene rings is 1. The number of ether oxygens (including phenoxy) is 2. The maximum absolute atomic E-state index is 12.4. The number of amides is 2. The lowest BCUT2D eigenvalue weighted by Crippen LogP contribution is -2.20. The Balaban J connectivity index is 2.14. The van der Waals surface area contributed by atoms with Crippen LogP contribution in [0, 0.1) is 6.92 Å². The second-order valence-corrected chi connectivity index (χ2v) is 9.27. The topological polar surface area (TPSA) is 142 Å². The molecule has 2 amide bonds. The van der Waals surface area contributed by atoms with Gasteiger partial charge in [-0.3, -0.25) is 9.59 Å². The molecule has 162 valence electrons. The van der Waals surface area contributed by atoms with Gasteiger partial charge < -0.3 is 20.5 Å². The zero-order valence-electron chi connectivity index (χ0n) is 16.7. The van der Waals surface area contributed by atoms with Crippen LogP contribution in [-0.2, 0) is 19.4 Å². The minimum absolute atomic E-state index is 0.00517. The molecule has 2 rings (SSSR count). The van der Waals surface area contributed by atoms with Crippen LogP contribution in [0.3, 0.4) is 0 Å². The Morgan fingerprint density at radius 2 is 1.80 bits per heavy atom. The Hall–Kier alpha value is -2.92. The molecule has 1 aromatic carbocycles. The molecular weight excluding hydrogens is 432 g/mol. The van der Waals surface area contributed by atoms with Gasteiger partial charge >= 0.3 is 5.97 Å². The summed E-state index contributed by atoms with van der Waals surface area (Å²) in [6.07, 6.45) is -0.349. The average molecular weight is 455 g/mol. The molecule has 0 aliphatic heterocycles. The van der Waals surface area contributed by atoms with E-state index in [4.69, 9.17) is 15.2 Å². The van der Waals surface area contributed by atoms with E-state index in [2.05, 4.69) is 5.32 Å². The number of nitrogens with one attached hydrogen (secondary N) is 1. The summed E-state index contributed by atoms with van der Waals surface area (Å²) in [7, 11) is -2.24. The van der Waals surface area contributed by atoms with Gasteiger partial charge in [-0.2, -0.15) is 0 Å². The first-order valence-electron chi connectivity index (χ1n) is 8.87. The van der Waals surface area contributed by atoms with Gasteiger partial charge in [0.1, 0.15) is 15.6 Å². The molecule has 0 radical (unpaired) electrons. The summed E-state index contributed by atoms with van der Waals surface area (Å²) in [5.74, 6) is -2.01. The highest BCUT2D eigenvalue weighted by Crippen LogP contribution is 2.33. The van der Waals surface area contributed by atoms with Crippen LogP contribution >= 0.6 is 11.3 Å². The van der Waals surface area contributed by atoms with Gasteiger partial charge in [-0.15, -0.1) is 11.3 Å². The summed E-state index contributed by atoms with van der Waals surface area (Å²) in [5, 5.41) is 2.56. The normalized spacial score (nSPS) is 11.0. The summed E-state index contributed by atoms with van der Waals surface area (Å²) in [6, 6.07) is 5.81. The van der Waals surface area contributed by atoms with E-state index >= 15 is 0 Å². The molecule has 11 heteroatoms. The molecular formula is C19H22N2O7S2. The first-order chi connectivity index (χ1) is 14.1. The van der Waals surface area contributed by atoms with Crippen molar-refractivity contribution in [2.24, 2.45) is 5.73 Å². The molecule has 30 heavy (non-hydrogen) atoms. The predicted octanol–water partition coefficient (Wildman–Crippen LogP) is 2.14. The lowest BCUT2D eigenvalue weighted by molar-refractivity contribution is -0.115. The highest BCUT2D eigenvalue weighted by molar-refractivity contribution is 7.91. The molecule has 0 spiro atoms. The molecule has 0 saturated heterocycles. The number of hydrogen-bond donors (Lipinski definition) is 2. The van der Waals surface area contributed by atoms with E-state index in [1.165, 1.54) is 38.3 Å². The van der Waals surface area contributed by atoms with Crippen LogP contribution in [0.15, 0.2) is 29.2 Å². The standard InChI is InChI=1S/C19H22N2O7S2/c1-4-28-19(24)16-11(2)15(17(20)23)18(29-16)21-14(22)9-10-30(25,26)13-7-5-12(27-3)6-8-13/h5-8H,4,9-10H2,1-3H3,(H2,20,23)(H,21,22). The first kappa shape index (κ1) is 23.4. The molecule has 0 fully saturated rings. The summed E-state index contributed by atoms with van der Waals surface area (Å²) in [4.78, 5) is 36.4. The van der Waals surface area contributed by atoms with Crippen LogP contribution in [0.2, 0.25) is 0 Å². The Labute approximate surface area is 178 Å². The smallest absolute Gasteiger partial charge is 0.348 e. The number of hydrogen-bond acceptors (Lipinski definition) is 8.